The molecule has 5 N–H and O–H groups in total. The quantitative estimate of drug-likeness (QED) is 0.467. The summed E-state index contributed by atoms with van der Waals surface area (Å²) in [5, 5.41) is 3.06. The minimum atomic E-state index is -0.227. The lowest BCUT2D eigenvalue weighted by Gasteiger charge is -2.32. The second-order valence-electron chi connectivity index (χ2n) is 7.05. The molecule has 30 heavy (non-hydrogen) atoms. The first-order valence-corrected chi connectivity index (χ1v) is 9.79. The molecule has 2 aromatic rings. The number of hydrogen-bond acceptors (Lipinski definition) is 6. The second-order valence-corrected chi connectivity index (χ2v) is 7.05. The van der Waals surface area contributed by atoms with Crippen LogP contribution >= 0.6 is 0 Å². The molecule has 3 rings (SSSR count). The van der Waals surface area contributed by atoms with Gasteiger partial charge in [-0.05, 0) is 31.0 Å². The van der Waals surface area contributed by atoms with Crippen molar-refractivity contribution in [1.29, 1.82) is 0 Å². The Balaban J connectivity index is 1.67. The molecule has 1 aliphatic rings. The van der Waals surface area contributed by atoms with Crippen molar-refractivity contribution >= 4 is 23.4 Å². The monoisotopic (exact) mass is 412 g/mol. The molecular formula is C21H28N6O3. The fourth-order valence-electron chi connectivity index (χ4n) is 3.49. The number of aromatic nitrogens is 1. The summed E-state index contributed by atoms with van der Waals surface area (Å²) in [4.78, 5) is 22.6. The Morgan fingerprint density at radius 1 is 1.20 bits per heavy atom. The molecule has 1 saturated heterocycles. The first-order valence-electron chi connectivity index (χ1n) is 9.79. The Morgan fingerprint density at radius 3 is 2.60 bits per heavy atom. The van der Waals surface area contributed by atoms with Gasteiger partial charge in [0.15, 0.2) is 17.5 Å². The molecule has 9 nitrogen and oxygen atoms in total. The predicted octanol–water partition coefficient (Wildman–Crippen LogP) is 1.73. The summed E-state index contributed by atoms with van der Waals surface area (Å²) in [6.07, 6.45) is 3.23. The zero-order chi connectivity index (χ0) is 21.5. The van der Waals surface area contributed by atoms with Gasteiger partial charge < -0.3 is 31.2 Å². The molecule has 1 aromatic carbocycles. The van der Waals surface area contributed by atoms with Crippen molar-refractivity contribution in [3.05, 3.63) is 42.1 Å². The number of carbonyl (C=O) groups excluding carboxylic acids is 1. The molecule has 0 saturated carbocycles. The highest BCUT2D eigenvalue weighted by atomic mass is 16.5. The van der Waals surface area contributed by atoms with E-state index >= 15 is 0 Å². The number of nitrogens with one attached hydrogen (secondary N) is 1. The number of methoxy groups -OCH3 is 2. The van der Waals surface area contributed by atoms with Crippen molar-refractivity contribution < 1.29 is 14.3 Å². The third kappa shape index (κ3) is 5.11. The molecule has 1 amide bonds. The van der Waals surface area contributed by atoms with E-state index in [0.717, 1.165) is 43.0 Å². The third-order valence-electron chi connectivity index (χ3n) is 5.14. The molecule has 1 aliphatic heterocycles. The maximum atomic E-state index is 11.4. The van der Waals surface area contributed by atoms with Gasteiger partial charge in [0, 0.05) is 42.5 Å². The largest absolute Gasteiger partial charge is 0.493 e. The van der Waals surface area contributed by atoms with Gasteiger partial charge in [0.1, 0.15) is 5.82 Å². The van der Waals surface area contributed by atoms with Crippen LogP contribution in [0, 0.1) is 5.92 Å². The number of aliphatic imine (C=N–C) groups is 1. The maximum Gasteiger partial charge on any atom is 0.220 e. The van der Waals surface area contributed by atoms with Crippen molar-refractivity contribution in [3.8, 4) is 11.5 Å². The number of primary amides is 1. The van der Waals surface area contributed by atoms with Crippen molar-refractivity contribution in [2.75, 3.05) is 37.5 Å². The van der Waals surface area contributed by atoms with Crippen LogP contribution in [-0.2, 0) is 11.3 Å². The molecular weight excluding hydrogens is 384 g/mol. The van der Waals surface area contributed by atoms with Crippen LogP contribution in [0.25, 0.3) is 0 Å². The number of anilines is 2. The normalized spacial score (nSPS) is 15.0. The Kier molecular flexibility index (Phi) is 6.95. The standard InChI is InChI=1S/C21H28N6O3/c1-29-17-6-5-16(12-18(17)30-2)26-21(23)25-13-15-4-3-9-24-20(15)27-10-7-14(8-11-27)19(22)28/h3-6,9,12,14H,7-8,10-11,13H2,1-2H3,(H2,22,28)(H3,23,25,26). The first kappa shape index (κ1) is 21.2. The molecule has 0 unspecified atom stereocenters. The lowest BCUT2D eigenvalue weighted by molar-refractivity contribution is -0.122. The van der Waals surface area contributed by atoms with Crippen molar-refractivity contribution in [2.24, 2.45) is 22.4 Å². The van der Waals surface area contributed by atoms with E-state index in [0.29, 0.717) is 18.0 Å². The number of carbonyl (C=O) groups is 1. The number of ether oxygens (including phenoxy) is 2. The Hall–Kier alpha value is -3.49. The molecule has 1 aromatic heterocycles. The van der Waals surface area contributed by atoms with Gasteiger partial charge in [-0.3, -0.25) is 4.79 Å². The van der Waals surface area contributed by atoms with E-state index < -0.39 is 0 Å². The molecule has 9 heteroatoms. The number of nitrogens with two attached hydrogens (primary N) is 2. The van der Waals surface area contributed by atoms with Crippen LogP contribution in [0.3, 0.4) is 0 Å². The van der Waals surface area contributed by atoms with Crippen LogP contribution in [0.1, 0.15) is 18.4 Å². The van der Waals surface area contributed by atoms with E-state index in [1.165, 1.54) is 0 Å². The maximum absolute atomic E-state index is 11.4. The summed E-state index contributed by atoms with van der Waals surface area (Å²) in [6, 6.07) is 9.28. The summed E-state index contributed by atoms with van der Waals surface area (Å²) >= 11 is 0. The number of amides is 1. The highest BCUT2D eigenvalue weighted by Crippen LogP contribution is 2.29. The molecule has 0 bridgehead atoms. The van der Waals surface area contributed by atoms with Crippen LogP contribution in [-0.4, -0.2) is 44.2 Å². The van der Waals surface area contributed by atoms with Crippen molar-refractivity contribution in [3.63, 3.8) is 0 Å². The molecule has 1 fully saturated rings. The summed E-state index contributed by atoms with van der Waals surface area (Å²) < 4.78 is 10.5. The second kappa shape index (κ2) is 9.82. The number of benzene rings is 1. The predicted molar refractivity (Wildman–Crippen MR) is 117 cm³/mol. The summed E-state index contributed by atoms with van der Waals surface area (Å²) in [7, 11) is 3.16. The summed E-state index contributed by atoms with van der Waals surface area (Å²) in [5.41, 5.74) is 13.2. The van der Waals surface area contributed by atoms with Gasteiger partial charge in [-0.2, -0.15) is 0 Å². The van der Waals surface area contributed by atoms with Crippen LogP contribution in [0.4, 0.5) is 11.5 Å². The van der Waals surface area contributed by atoms with E-state index in [1.54, 1.807) is 32.5 Å². The van der Waals surface area contributed by atoms with Gasteiger partial charge in [-0.1, -0.05) is 6.07 Å². The Labute approximate surface area is 176 Å². The third-order valence-corrected chi connectivity index (χ3v) is 5.14. The fraction of sp³-hybridized carbons (Fsp3) is 0.381. The van der Waals surface area contributed by atoms with Crippen LogP contribution in [0.15, 0.2) is 41.5 Å². The van der Waals surface area contributed by atoms with Gasteiger partial charge in [-0.15, -0.1) is 0 Å². The Bertz CT molecular complexity index is 909. The first-order chi connectivity index (χ1) is 14.5. The SMILES string of the molecule is COc1ccc(NC(N)=NCc2cccnc2N2CCC(C(N)=O)CC2)cc1OC. The van der Waals surface area contributed by atoms with Gasteiger partial charge in [0.2, 0.25) is 5.91 Å². The van der Waals surface area contributed by atoms with Crippen LogP contribution in [0.2, 0.25) is 0 Å². The highest BCUT2D eigenvalue weighted by molar-refractivity contribution is 5.92. The smallest absolute Gasteiger partial charge is 0.220 e. The number of nitrogens with zero attached hydrogens (tertiary/aromatic N) is 3. The molecule has 0 atom stereocenters. The van der Waals surface area contributed by atoms with Gasteiger partial charge >= 0.3 is 0 Å². The van der Waals surface area contributed by atoms with E-state index in [9.17, 15) is 4.79 Å². The number of piperidine rings is 1. The zero-order valence-corrected chi connectivity index (χ0v) is 17.3. The van der Waals surface area contributed by atoms with E-state index in [1.807, 2.05) is 18.2 Å². The van der Waals surface area contributed by atoms with Gasteiger partial charge in [-0.25, -0.2) is 9.98 Å². The number of guanidine groups is 1. The minimum absolute atomic E-state index is 0.0623. The Morgan fingerprint density at radius 2 is 1.93 bits per heavy atom. The number of pyridine rings is 1. The molecule has 2 heterocycles. The summed E-state index contributed by atoms with van der Waals surface area (Å²) in [6.45, 7) is 1.85. The average Bonchev–Trinajstić information content (AvgIpc) is 2.77. The zero-order valence-electron chi connectivity index (χ0n) is 17.3. The molecule has 0 aliphatic carbocycles. The van der Waals surface area contributed by atoms with Crippen molar-refractivity contribution in [1.82, 2.24) is 4.98 Å². The van der Waals surface area contributed by atoms with Gasteiger partial charge in [0.05, 0.1) is 20.8 Å². The molecule has 160 valence electrons. The number of hydrogen-bond donors (Lipinski definition) is 3. The fourth-order valence-corrected chi connectivity index (χ4v) is 3.49. The lowest BCUT2D eigenvalue weighted by Crippen LogP contribution is -2.39. The van der Waals surface area contributed by atoms with Gasteiger partial charge in [0.25, 0.3) is 0 Å². The van der Waals surface area contributed by atoms with E-state index in [4.69, 9.17) is 20.9 Å². The lowest BCUT2D eigenvalue weighted by atomic mass is 9.96. The minimum Gasteiger partial charge on any atom is -0.493 e. The molecule has 0 radical (unpaired) electrons. The molecule has 0 spiro atoms. The topological polar surface area (TPSA) is 128 Å². The van der Waals surface area contributed by atoms with Crippen LogP contribution < -0.4 is 31.2 Å². The summed E-state index contributed by atoms with van der Waals surface area (Å²) in [5.74, 6) is 2.10. The average molecular weight is 412 g/mol. The number of rotatable bonds is 7. The van der Waals surface area contributed by atoms with E-state index in [-0.39, 0.29) is 17.8 Å². The highest BCUT2D eigenvalue weighted by Gasteiger charge is 2.24. The van der Waals surface area contributed by atoms with E-state index in [2.05, 4.69) is 20.2 Å². The van der Waals surface area contributed by atoms with Crippen LogP contribution in [0.5, 0.6) is 11.5 Å². The van der Waals surface area contributed by atoms with Crippen molar-refractivity contribution in [2.45, 2.75) is 19.4 Å².